The molecule has 118 valence electrons. The fourth-order valence-corrected chi connectivity index (χ4v) is 3.23. The Labute approximate surface area is 138 Å². The van der Waals surface area contributed by atoms with Crippen LogP contribution in [-0.2, 0) is 5.60 Å². The summed E-state index contributed by atoms with van der Waals surface area (Å²) < 4.78 is 1.52. The molecule has 7 heteroatoms. The van der Waals surface area contributed by atoms with Crippen LogP contribution in [-0.4, -0.2) is 38.0 Å². The van der Waals surface area contributed by atoms with Crippen molar-refractivity contribution in [3.63, 3.8) is 0 Å². The minimum Gasteiger partial charge on any atom is -0.385 e. The van der Waals surface area contributed by atoms with Crippen molar-refractivity contribution in [3.05, 3.63) is 53.3 Å². The summed E-state index contributed by atoms with van der Waals surface area (Å²) in [5.41, 5.74) is 0.831. The van der Waals surface area contributed by atoms with E-state index in [1.165, 1.54) is 4.52 Å². The zero-order valence-electron chi connectivity index (χ0n) is 12.4. The standard InChI is InChI=1S/C16H16ClN5O/c17-15-19-18-13-6-7-14(20-22(13)15)21-10-8-16(23,9-11-21)12-4-2-1-3-5-12/h1-7,23H,8-11H2. The number of halogens is 1. The molecule has 0 amide bonds. The number of hydrogen-bond acceptors (Lipinski definition) is 5. The van der Waals surface area contributed by atoms with Gasteiger partial charge < -0.3 is 10.0 Å². The molecule has 0 aliphatic carbocycles. The Kier molecular flexibility index (Phi) is 3.43. The highest BCUT2D eigenvalue weighted by Crippen LogP contribution is 2.33. The fraction of sp³-hybridized carbons (Fsp3) is 0.312. The molecule has 0 spiro atoms. The Balaban J connectivity index is 1.55. The predicted octanol–water partition coefficient (Wildman–Crippen LogP) is 2.27. The molecule has 1 aliphatic rings. The van der Waals surface area contributed by atoms with E-state index < -0.39 is 5.60 Å². The summed E-state index contributed by atoms with van der Waals surface area (Å²) in [6, 6.07) is 13.6. The van der Waals surface area contributed by atoms with E-state index in [1.807, 2.05) is 42.5 Å². The van der Waals surface area contributed by atoms with Gasteiger partial charge in [-0.15, -0.1) is 15.3 Å². The SMILES string of the molecule is OC1(c2ccccc2)CCN(c2ccc3nnc(Cl)n3n2)CC1. The van der Waals surface area contributed by atoms with Crippen LogP contribution >= 0.6 is 11.6 Å². The monoisotopic (exact) mass is 329 g/mol. The molecule has 0 radical (unpaired) electrons. The lowest BCUT2D eigenvalue weighted by molar-refractivity contribution is 0.0116. The molecule has 1 N–H and O–H groups in total. The Morgan fingerprint density at radius 2 is 1.74 bits per heavy atom. The summed E-state index contributed by atoms with van der Waals surface area (Å²) >= 11 is 5.98. The van der Waals surface area contributed by atoms with Crippen molar-refractivity contribution in [2.75, 3.05) is 18.0 Å². The van der Waals surface area contributed by atoms with Crippen molar-refractivity contribution >= 4 is 23.1 Å². The smallest absolute Gasteiger partial charge is 0.246 e. The molecule has 1 aliphatic heterocycles. The van der Waals surface area contributed by atoms with Gasteiger partial charge in [-0.1, -0.05) is 30.3 Å². The molecular formula is C16H16ClN5O. The first-order chi connectivity index (χ1) is 11.2. The quantitative estimate of drug-likeness (QED) is 0.781. The van der Waals surface area contributed by atoms with Crippen molar-refractivity contribution in [1.82, 2.24) is 19.8 Å². The minimum atomic E-state index is -0.768. The van der Waals surface area contributed by atoms with E-state index in [0.717, 1.165) is 24.5 Å². The van der Waals surface area contributed by atoms with Crippen molar-refractivity contribution in [3.8, 4) is 0 Å². The molecule has 6 nitrogen and oxygen atoms in total. The van der Waals surface area contributed by atoms with Crippen LogP contribution in [0.2, 0.25) is 5.28 Å². The molecule has 3 aromatic rings. The molecule has 3 heterocycles. The first kappa shape index (κ1) is 14.4. The van der Waals surface area contributed by atoms with Gasteiger partial charge in [0.15, 0.2) is 5.65 Å². The molecule has 1 aromatic carbocycles. The highest BCUT2D eigenvalue weighted by atomic mass is 35.5. The summed E-state index contributed by atoms with van der Waals surface area (Å²) in [5, 5.41) is 23.4. The molecule has 1 saturated heterocycles. The number of hydrogen-bond donors (Lipinski definition) is 1. The molecule has 23 heavy (non-hydrogen) atoms. The Morgan fingerprint density at radius 1 is 1.00 bits per heavy atom. The van der Waals surface area contributed by atoms with E-state index in [-0.39, 0.29) is 5.28 Å². The van der Waals surface area contributed by atoms with Crippen LogP contribution < -0.4 is 4.90 Å². The number of nitrogens with zero attached hydrogens (tertiary/aromatic N) is 5. The number of fused-ring (bicyclic) bond motifs is 1. The number of piperidine rings is 1. The average molecular weight is 330 g/mol. The minimum absolute atomic E-state index is 0.250. The van der Waals surface area contributed by atoms with Gasteiger partial charge in [-0.3, -0.25) is 0 Å². The molecule has 1 fully saturated rings. The van der Waals surface area contributed by atoms with Crippen LogP contribution in [0, 0.1) is 0 Å². The highest BCUT2D eigenvalue weighted by Gasteiger charge is 2.34. The summed E-state index contributed by atoms with van der Waals surface area (Å²) in [5.74, 6) is 0.814. The molecule has 0 atom stereocenters. The van der Waals surface area contributed by atoms with Crippen LogP contribution in [0.15, 0.2) is 42.5 Å². The van der Waals surface area contributed by atoms with E-state index in [2.05, 4.69) is 20.2 Å². The van der Waals surface area contributed by atoms with Crippen LogP contribution in [0.4, 0.5) is 5.82 Å². The lowest BCUT2D eigenvalue weighted by atomic mass is 9.84. The van der Waals surface area contributed by atoms with E-state index >= 15 is 0 Å². The predicted molar refractivity (Wildman–Crippen MR) is 87.6 cm³/mol. The lowest BCUT2D eigenvalue weighted by Gasteiger charge is -2.39. The first-order valence-corrected chi connectivity index (χ1v) is 7.94. The second-order valence-corrected chi connectivity index (χ2v) is 6.15. The normalized spacial score (nSPS) is 17.6. The number of aliphatic hydroxyl groups is 1. The number of aromatic nitrogens is 4. The van der Waals surface area contributed by atoms with Crippen molar-refractivity contribution < 1.29 is 5.11 Å². The fourth-order valence-electron chi connectivity index (χ4n) is 3.06. The van der Waals surface area contributed by atoms with Gasteiger partial charge in [0.1, 0.15) is 5.82 Å². The van der Waals surface area contributed by atoms with Crippen LogP contribution in [0.5, 0.6) is 0 Å². The van der Waals surface area contributed by atoms with Gasteiger partial charge in [0, 0.05) is 13.1 Å². The van der Waals surface area contributed by atoms with Crippen LogP contribution in [0.25, 0.3) is 5.65 Å². The third-order valence-corrected chi connectivity index (χ3v) is 4.67. The number of rotatable bonds is 2. The largest absolute Gasteiger partial charge is 0.385 e. The molecule has 4 rings (SSSR count). The molecule has 0 unspecified atom stereocenters. The van der Waals surface area contributed by atoms with Gasteiger partial charge in [-0.05, 0) is 42.1 Å². The Bertz CT molecular complexity index is 827. The number of anilines is 1. The zero-order valence-corrected chi connectivity index (χ0v) is 13.2. The second-order valence-electron chi connectivity index (χ2n) is 5.82. The van der Waals surface area contributed by atoms with Gasteiger partial charge in [0.2, 0.25) is 5.28 Å². The van der Waals surface area contributed by atoms with E-state index in [9.17, 15) is 5.11 Å². The molecule has 0 saturated carbocycles. The zero-order chi connectivity index (χ0) is 15.9. The Hall–Kier alpha value is -2.18. The van der Waals surface area contributed by atoms with Gasteiger partial charge >= 0.3 is 0 Å². The summed E-state index contributed by atoms with van der Waals surface area (Å²) in [6.07, 6.45) is 1.32. The van der Waals surface area contributed by atoms with E-state index in [0.29, 0.717) is 18.5 Å². The molecule has 2 aromatic heterocycles. The van der Waals surface area contributed by atoms with Gasteiger partial charge in [0.05, 0.1) is 5.60 Å². The molecular weight excluding hydrogens is 314 g/mol. The van der Waals surface area contributed by atoms with E-state index in [4.69, 9.17) is 11.6 Å². The van der Waals surface area contributed by atoms with Crippen LogP contribution in [0.3, 0.4) is 0 Å². The van der Waals surface area contributed by atoms with Gasteiger partial charge in [0.25, 0.3) is 0 Å². The van der Waals surface area contributed by atoms with Gasteiger partial charge in [-0.25, -0.2) is 0 Å². The third kappa shape index (κ3) is 2.54. The highest BCUT2D eigenvalue weighted by molar-refractivity contribution is 6.28. The average Bonchev–Trinajstić information content (AvgIpc) is 2.97. The molecule has 0 bridgehead atoms. The maximum absolute atomic E-state index is 10.9. The van der Waals surface area contributed by atoms with Crippen molar-refractivity contribution in [2.24, 2.45) is 0 Å². The van der Waals surface area contributed by atoms with Gasteiger partial charge in [-0.2, -0.15) is 4.52 Å². The third-order valence-electron chi connectivity index (χ3n) is 4.44. The number of benzene rings is 1. The first-order valence-electron chi connectivity index (χ1n) is 7.57. The maximum atomic E-state index is 10.9. The van der Waals surface area contributed by atoms with Crippen LogP contribution in [0.1, 0.15) is 18.4 Å². The topological polar surface area (TPSA) is 66.5 Å². The lowest BCUT2D eigenvalue weighted by Crippen LogP contribution is -2.43. The summed E-state index contributed by atoms with van der Waals surface area (Å²) in [7, 11) is 0. The van der Waals surface area contributed by atoms with E-state index in [1.54, 1.807) is 0 Å². The Morgan fingerprint density at radius 3 is 2.48 bits per heavy atom. The van der Waals surface area contributed by atoms with Crippen molar-refractivity contribution in [1.29, 1.82) is 0 Å². The second kappa shape index (κ2) is 5.47. The van der Waals surface area contributed by atoms with Crippen molar-refractivity contribution in [2.45, 2.75) is 18.4 Å². The maximum Gasteiger partial charge on any atom is 0.246 e. The summed E-state index contributed by atoms with van der Waals surface area (Å²) in [4.78, 5) is 2.15. The summed E-state index contributed by atoms with van der Waals surface area (Å²) in [6.45, 7) is 1.45.